The molecular formula is C17H14N4S. The van der Waals surface area contributed by atoms with Crippen LogP contribution in [0.4, 0.5) is 0 Å². The van der Waals surface area contributed by atoms with Gasteiger partial charge in [0.15, 0.2) is 5.82 Å². The Balaban J connectivity index is 1.88. The highest BCUT2D eigenvalue weighted by Crippen LogP contribution is 2.28. The Morgan fingerprint density at radius 1 is 0.864 bits per heavy atom. The van der Waals surface area contributed by atoms with Gasteiger partial charge in [-0.05, 0) is 26.0 Å². The first kappa shape index (κ1) is 13.2. The van der Waals surface area contributed by atoms with Gasteiger partial charge in [-0.15, -0.1) is 10.2 Å². The monoisotopic (exact) mass is 306 g/mol. The van der Waals surface area contributed by atoms with Crippen LogP contribution in [0.3, 0.4) is 0 Å². The standard InChI is InChI=1S/C17H14N4S/c1-11-8-12(2)10-14(9-11)15-18-19-17-21(15)20-16(22-17)13-6-4-3-5-7-13/h3-10H,1-2H3. The number of hydrogen-bond donors (Lipinski definition) is 0. The summed E-state index contributed by atoms with van der Waals surface area (Å²) in [5.74, 6) is 0.792. The molecule has 0 spiro atoms. The van der Waals surface area contributed by atoms with Crippen molar-refractivity contribution < 1.29 is 0 Å². The highest BCUT2D eigenvalue weighted by Gasteiger charge is 2.14. The molecule has 2 aromatic carbocycles. The zero-order chi connectivity index (χ0) is 15.1. The van der Waals surface area contributed by atoms with E-state index in [0.717, 1.165) is 26.9 Å². The van der Waals surface area contributed by atoms with Crippen LogP contribution < -0.4 is 0 Å². The van der Waals surface area contributed by atoms with Gasteiger partial charge in [0.1, 0.15) is 5.01 Å². The number of hydrogen-bond acceptors (Lipinski definition) is 4. The van der Waals surface area contributed by atoms with Crippen LogP contribution >= 0.6 is 11.3 Å². The van der Waals surface area contributed by atoms with Gasteiger partial charge >= 0.3 is 0 Å². The maximum absolute atomic E-state index is 4.69. The van der Waals surface area contributed by atoms with E-state index in [1.165, 1.54) is 11.1 Å². The Kier molecular flexibility index (Phi) is 3.01. The van der Waals surface area contributed by atoms with Gasteiger partial charge in [0.25, 0.3) is 0 Å². The van der Waals surface area contributed by atoms with Gasteiger partial charge in [-0.1, -0.05) is 58.9 Å². The second kappa shape index (κ2) is 5.03. The minimum Gasteiger partial charge on any atom is -0.182 e. The summed E-state index contributed by atoms with van der Waals surface area (Å²) in [4.78, 5) is 0.813. The van der Waals surface area contributed by atoms with Crippen molar-refractivity contribution in [2.45, 2.75) is 13.8 Å². The Hall–Kier alpha value is -2.53. The van der Waals surface area contributed by atoms with Gasteiger partial charge in [-0.3, -0.25) is 0 Å². The smallest absolute Gasteiger partial charge is 0.182 e. The fourth-order valence-corrected chi connectivity index (χ4v) is 3.44. The van der Waals surface area contributed by atoms with Crippen molar-refractivity contribution in [3.8, 4) is 22.0 Å². The second-order valence-corrected chi connectivity index (χ2v) is 6.32. The molecule has 0 atom stereocenters. The summed E-state index contributed by atoms with van der Waals surface area (Å²) in [6, 6.07) is 16.5. The number of aryl methyl sites for hydroxylation is 2. The van der Waals surface area contributed by atoms with E-state index in [4.69, 9.17) is 0 Å². The zero-order valence-electron chi connectivity index (χ0n) is 12.3. The van der Waals surface area contributed by atoms with E-state index in [0.29, 0.717) is 0 Å². The summed E-state index contributed by atoms with van der Waals surface area (Å²) in [6.07, 6.45) is 0. The van der Waals surface area contributed by atoms with Gasteiger partial charge in [0.05, 0.1) is 0 Å². The van der Waals surface area contributed by atoms with Gasteiger partial charge in [-0.2, -0.15) is 9.61 Å². The number of aromatic nitrogens is 4. The molecule has 4 aromatic rings. The average Bonchev–Trinajstić information content (AvgIpc) is 3.07. The highest BCUT2D eigenvalue weighted by atomic mass is 32.1. The van der Waals surface area contributed by atoms with Crippen LogP contribution in [0.2, 0.25) is 0 Å². The molecule has 108 valence electrons. The second-order valence-electron chi connectivity index (χ2n) is 5.37. The molecule has 0 bridgehead atoms. The highest BCUT2D eigenvalue weighted by molar-refractivity contribution is 7.19. The normalized spacial score (nSPS) is 11.2. The SMILES string of the molecule is Cc1cc(C)cc(-c2nnc3sc(-c4ccccc4)nn23)c1. The summed E-state index contributed by atoms with van der Waals surface area (Å²) in [5, 5.41) is 14.2. The molecule has 0 saturated carbocycles. The maximum Gasteiger partial charge on any atom is 0.235 e. The van der Waals surface area contributed by atoms with Crippen LogP contribution in [-0.2, 0) is 0 Å². The lowest BCUT2D eigenvalue weighted by Gasteiger charge is -2.01. The van der Waals surface area contributed by atoms with Crippen molar-refractivity contribution in [1.29, 1.82) is 0 Å². The molecule has 2 aromatic heterocycles. The Bertz CT molecular complexity index is 933. The molecule has 0 radical (unpaired) electrons. The largest absolute Gasteiger partial charge is 0.235 e. The molecule has 5 heteroatoms. The molecular weight excluding hydrogens is 292 g/mol. The van der Waals surface area contributed by atoms with E-state index >= 15 is 0 Å². The summed E-state index contributed by atoms with van der Waals surface area (Å²) in [6.45, 7) is 4.18. The first-order chi connectivity index (χ1) is 10.7. The first-order valence-electron chi connectivity index (χ1n) is 7.07. The maximum atomic E-state index is 4.69. The third-order valence-corrected chi connectivity index (χ3v) is 4.44. The van der Waals surface area contributed by atoms with E-state index in [1.54, 1.807) is 11.3 Å². The number of rotatable bonds is 2. The lowest BCUT2D eigenvalue weighted by Crippen LogP contribution is -1.92. The van der Waals surface area contributed by atoms with Crippen LogP contribution in [0, 0.1) is 13.8 Å². The predicted molar refractivity (Wildman–Crippen MR) is 89.0 cm³/mol. The Morgan fingerprint density at radius 3 is 2.32 bits per heavy atom. The fourth-order valence-electron chi connectivity index (χ4n) is 2.60. The van der Waals surface area contributed by atoms with Crippen molar-refractivity contribution in [2.24, 2.45) is 0 Å². The van der Waals surface area contributed by atoms with Crippen LogP contribution in [-0.4, -0.2) is 19.8 Å². The van der Waals surface area contributed by atoms with Crippen molar-refractivity contribution in [2.75, 3.05) is 0 Å². The molecule has 4 rings (SSSR count). The summed E-state index contributed by atoms with van der Waals surface area (Å²) in [5.41, 5.74) is 4.58. The summed E-state index contributed by atoms with van der Waals surface area (Å²) >= 11 is 1.55. The molecule has 0 fully saturated rings. The molecule has 0 saturated heterocycles. The molecule has 0 amide bonds. The van der Waals surface area contributed by atoms with E-state index in [9.17, 15) is 0 Å². The lowest BCUT2D eigenvalue weighted by molar-refractivity contribution is 0.970. The van der Waals surface area contributed by atoms with E-state index in [-0.39, 0.29) is 0 Å². The van der Waals surface area contributed by atoms with Gasteiger partial charge in [0, 0.05) is 11.1 Å². The molecule has 22 heavy (non-hydrogen) atoms. The molecule has 0 unspecified atom stereocenters. The fraction of sp³-hybridized carbons (Fsp3) is 0.118. The van der Waals surface area contributed by atoms with Crippen LogP contribution in [0.15, 0.2) is 48.5 Å². The van der Waals surface area contributed by atoms with Gasteiger partial charge in [0.2, 0.25) is 4.96 Å². The third-order valence-electron chi connectivity index (χ3n) is 3.49. The first-order valence-corrected chi connectivity index (χ1v) is 7.89. The quantitative estimate of drug-likeness (QED) is 0.559. The van der Waals surface area contributed by atoms with Gasteiger partial charge < -0.3 is 0 Å². The minimum absolute atomic E-state index is 0.792. The lowest BCUT2D eigenvalue weighted by atomic mass is 10.1. The minimum atomic E-state index is 0.792. The Morgan fingerprint density at radius 2 is 1.59 bits per heavy atom. The number of nitrogens with zero attached hydrogens (tertiary/aromatic N) is 4. The van der Waals surface area contributed by atoms with Crippen molar-refractivity contribution in [3.05, 3.63) is 59.7 Å². The molecule has 4 nitrogen and oxygen atoms in total. The summed E-state index contributed by atoms with van der Waals surface area (Å²) < 4.78 is 1.83. The van der Waals surface area contributed by atoms with Crippen LogP contribution in [0.25, 0.3) is 26.9 Å². The van der Waals surface area contributed by atoms with Crippen molar-refractivity contribution in [3.63, 3.8) is 0 Å². The zero-order valence-corrected chi connectivity index (χ0v) is 13.1. The molecule has 0 aliphatic rings. The number of benzene rings is 2. The predicted octanol–water partition coefficient (Wildman–Crippen LogP) is 4.14. The van der Waals surface area contributed by atoms with Gasteiger partial charge in [-0.25, -0.2) is 0 Å². The van der Waals surface area contributed by atoms with Crippen LogP contribution in [0.1, 0.15) is 11.1 Å². The van der Waals surface area contributed by atoms with Crippen LogP contribution in [0.5, 0.6) is 0 Å². The van der Waals surface area contributed by atoms with E-state index in [2.05, 4.69) is 59.5 Å². The molecule has 0 N–H and O–H groups in total. The molecule has 2 heterocycles. The average molecular weight is 306 g/mol. The molecule has 0 aliphatic heterocycles. The Labute approximate surface area is 132 Å². The van der Waals surface area contributed by atoms with E-state index < -0.39 is 0 Å². The topological polar surface area (TPSA) is 43.1 Å². The number of fused-ring (bicyclic) bond motifs is 1. The summed E-state index contributed by atoms with van der Waals surface area (Å²) in [7, 11) is 0. The molecule has 0 aliphatic carbocycles. The van der Waals surface area contributed by atoms with E-state index in [1.807, 2.05) is 22.7 Å². The van der Waals surface area contributed by atoms with Crippen molar-refractivity contribution in [1.82, 2.24) is 19.8 Å². The van der Waals surface area contributed by atoms with Crippen molar-refractivity contribution >= 4 is 16.3 Å². The third kappa shape index (κ3) is 2.19.